The van der Waals surface area contributed by atoms with Gasteiger partial charge in [-0.25, -0.2) is 0 Å². The Bertz CT molecular complexity index is 1000. The van der Waals surface area contributed by atoms with E-state index in [0.29, 0.717) is 21.6 Å². The minimum Gasteiger partial charge on any atom is -0.444 e. The first-order chi connectivity index (χ1) is 13.5. The maximum atomic E-state index is 12.2. The summed E-state index contributed by atoms with van der Waals surface area (Å²) in [5.41, 5.74) is 1.56. The molecular weight excluding hydrogens is 426 g/mol. The molecule has 0 fully saturated rings. The molecule has 3 N–H and O–H groups in total. The molecule has 8 heteroatoms. The summed E-state index contributed by atoms with van der Waals surface area (Å²) in [6.07, 6.45) is 0. The van der Waals surface area contributed by atoms with Crippen LogP contribution in [-0.4, -0.2) is 24.3 Å². The number of benzene rings is 2. The Morgan fingerprint density at radius 3 is 2.21 bits per heavy atom. The summed E-state index contributed by atoms with van der Waals surface area (Å²) in [6.45, 7) is -0.224. The zero-order chi connectivity index (χ0) is 19.9. The Balaban J connectivity index is 1.54. The van der Waals surface area contributed by atoms with Crippen molar-refractivity contribution in [2.75, 3.05) is 17.2 Å². The maximum absolute atomic E-state index is 12.2. The molecule has 142 valence electrons. The summed E-state index contributed by atoms with van der Waals surface area (Å²) < 4.78 is 5.55. The highest BCUT2D eigenvalue weighted by molar-refractivity contribution is 9.10. The first-order valence-corrected chi connectivity index (χ1v) is 9.10. The molecule has 28 heavy (non-hydrogen) atoms. The highest BCUT2D eigenvalue weighted by atomic mass is 79.9. The lowest BCUT2D eigenvalue weighted by atomic mass is 10.2. The third-order valence-corrected chi connectivity index (χ3v) is 4.07. The Morgan fingerprint density at radius 2 is 1.54 bits per heavy atom. The quantitative estimate of drug-likeness (QED) is 0.543. The van der Waals surface area contributed by atoms with Gasteiger partial charge in [-0.15, -0.1) is 0 Å². The molecular formula is C20H16BrN3O4. The molecule has 0 aliphatic carbocycles. The third-order valence-electron chi connectivity index (χ3n) is 3.65. The molecule has 1 heterocycles. The van der Waals surface area contributed by atoms with Crippen molar-refractivity contribution >= 4 is 45.0 Å². The van der Waals surface area contributed by atoms with Crippen molar-refractivity contribution in [3.05, 3.63) is 82.7 Å². The molecule has 0 aliphatic heterocycles. The van der Waals surface area contributed by atoms with Gasteiger partial charge in [0.1, 0.15) is 0 Å². The van der Waals surface area contributed by atoms with Gasteiger partial charge < -0.3 is 20.4 Å². The van der Waals surface area contributed by atoms with E-state index in [4.69, 9.17) is 4.42 Å². The molecule has 0 bridgehead atoms. The molecule has 2 aromatic carbocycles. The number of rotatable bonds is 6. The summed E-state index contributed by atoms with van der Waals surface area (Å²) in [7, 11) is 0. The van der Waals surface area contributed by atoms with Gasteiger partial charge in [-0.1, -0.05) is 24.3 Å². The Labute approximate surface area is 169 Å². The summed E-state index contributed by atoms with van der Waals surface area (Å²) in [4.78, 5) is 36.1. The highest BCUT2D eigenvalue weighted by Gasteiger charge is 2.12. The predicted molar refractivity (Wildman–Crippen MR) is 108 cm³/mol. The molecule has 0 radical (unpaired) electrons. The van der Waals surface area contributed by atoms with E-state index < -0.39 is 11.8 Å². The number of nitrogens with one attached hydrogen (secondary N) is 3. The summed E-state index contributed by atoms with van der Waals surface area (Å²) in [5, 5.41) is 7.90. The van der Waals surface area contributed by atoms with Gasteiger partial charge in [-0.2, -0.15) is 0 Å². The molecule has 0 atom stereocenters. The molecule has 0 unspecified atom stereocenters. The third kappa shape index (κ3) is 5.31. The molecule has 0 aliphatic rings. The molecule has 7 nitrogen and oxygen atoms in total. The molecule has 0 spiro atoms. The highest BCUT2D eigenvalue weighted by Crippen LogP contribution is 2.16. The summed E-state index contributed by atoms with van der Waals surface area (Å²) >= 11 is 3.11. The van der Waals surface area contributed by atoms with Crippen molar-refractivity contribution in [2.45, 2.75) is 0 Å². The second kappa shape index (κ2) is 9.01. The van der Waals surface area contributed by atoms with Crippen molar-refractivity contribution in [1.82, 2.24) is 5.32 Å². The van der Waals surface area contributed by atoms with Crippen LogP contribution in [0.25, 0.3) is 0 Å². The molecule has 3 aromatic rings. The van der Waals surface area contributed by atoms with Crippen molar-refractivity contribution in [3.63, 3.8) is 0 Å². The fraction of sp³-hybridized carbons (Fsp3) is 0.0500. The van der Waals surface area contributed by atoms with Crippen LogP contribution in [0, 0.1) is 0 Å². The molecule has 3 rings (SSSR count). The minimum absolute atomic E-state index is 0.102. The number of halogens is 1. The van der Waals surface area contributed by atoms with Crippen LogP contribution in [0.5, 0.6) is 0 Å². The van der Waals surface area contributed by atoms with Crippen LogP contribution in [0.3, 0.4) is 0 Å². The maximum Gasteiger partial charge on any atom is 0.287 e. The number of furan rings is 1. The average Bonchev–Trinajstić information content (AvgIpc) is 3.13. The number of amides is 3. The normalized spacial score (nSPS) is 10.2. The van der Waals surface area contributed by atoms with Gasteiger partial charge in [0.05, 0.1) is 6.54 Å². The molecule has 3 amide bonds. The van der Waals surface area contributed by atoms with E-state index in [1.54, 1.807) is 54.6 Å². The van der Waals surface area contributed by atoms with Gasteiger partial charge in [-0.3, -0.25) is 14.4 Å². The summed E-state index contributed by atoms with van der Waals surface area (Å²) in [5.74, 6) is -1.05. The Hall–Kier alpha value is -3.39. The van der Waals surface area contributed by atoms with E-state index in [9.17, 15) is 14.4 Å². The lowest BCUT2D eigenvalue weighted by molar-refractivity contribution is -0.115. The Kier molecular flexibility index (Phi) is 6.23. The minimum atomic E-state index is -0.496. The zero-order valence-electron chi connectivity index (χ0n) is 14.6. The number of hydrogen-bond donors (Lipinski definition) is 3. The zero-order valence-corrected chi connectivity index (χ0v) is 16.2. The van der Waals surface area contributed by atoms with Gasteiger partial charge in [0.2, 0.25) is 5.91 Å². The van der Waals surface area contributed by atoms with E-state index in [1.165, 1.54) is 6.07 Å². The summed E-state index contributed by atoms with van der Waals surface area (Å²) in [6, 6.07) is 18.6. The standard InChI is InChI=1S/C20H16BrN3O4/c21-17-10-9-16(28-17)20(27)22-12-18(25)23-14-7-4-8-15(11-14)24-19(26)13-5-2-1-3-6-13/h1-11H,12H2,(H,22,27)(H,23,25)(H,24,26). The second-order valence-corrected chi connectivity index (χ2v) is 6.52. The number of hydrogen-bond acceptors (Lipinski definition) is 4. The monoisotopic (exact) mass is 441 g/mol. The number of carbonyl (C=O) groups is 3. The first-order valence-electron chi connectivity index (χ1n) is 8.31. The van der Waals surface area contributed by atoms with Gasteiger partial charge >= 0.3 is 0 Å². The van der Waals surface area contributed by atoms with Crippen LogP contribution in [0.4, 0.5) is 11.4 Å². The van der Waals surface area contributed by atoms with Gasteiger partial charge in [-0.05, 0) is 58.4 Å². The first kappa shape index (κ1) is 19.4. The van der Waals surface area contributed by atoms with E-state index in [1.807, 2.05) is 6.07 Å². The van der Waals surface area contributed by atoms with E-state index in [2.05, 4.69) is 31.9 Å². The van der Waals surface area contributed by atoms with Gasteiger partial charge in [0.15, 0.2) is 10.4 Å². The smallest absolute Gasteiger partial charge is 0.287 e. The van der Waals surface area contributed by atoms with E-state index >= 15 is 0 Å². The van der Waals surface area contributed by atoms with Crippen LogP contribution in [0.1, 0.15) is 20.9 Å². The number of carbonyl (C=O) groups excluding carboxylic acids is 3. The van der Waals surface area contributed by atoms with Crippen molar-refractivity contribution in [1.29, 1.82) is 0 Å². The van der Waals surface area contributed by atoms with Crippen LogP contribution in [0.2, 0.25) is 0 Å². The van der Waals surface area contributed by atoms with Crippen LogP contribution < -0.4 is 16.0 Å². The predicted octanol–water partition coefficient (Wildman–Crippen LogP) is 3.66. The van der Waals surface area contributed by atoms with E-state index in [0.717, 1.165) is 0 Å². The molecule has 0 saturated carbocycles. The lowest BCUT2D eigenvalue weighted by Crippen LogP contribution is -2.32. The number of anilines is 2. The topological polar surface area (TPSA) is 100 Å². The van der Waals surface area contributed by atoms with Crippen LogP contribution in [-0.2, 0) is 4.79 Å². The fourth-order valence-corrected chi connectivity index (χ4v) is 2.66. The van der Waals surface area contributed by atoms with Gasteiger partial charge in [0, 0.05) is 16.9 Å². The van der Waals surface area contributed by atoms with Gasteiger partial charge in [0.25, 0.3) is 11.8 Å². The lowest BCUT2D eigenvalue weighted by Gasteiger charge is -2.09. The van der Waals surface area contributed by atoms with Crippen LogP contribution in [0.15, 0.2) is 75.8 Å². The SMILES string of the molecule is O=C(CNC(=O)c1ccc(Br)o1)Nc1cccc(NC(=O)c2ccccc2)c1. The van der Waals surface area contributed by atoms with Crippen molar-refractivity contribution < 1.29 is 18.8 Å². The van der Waals surface area contributed by atoms with E-state index in [-0.39, 0.29) is 18.2 Å². The second-order valence-electron chi connectivity index (χ2n) is 5.74. The molecule has 0 saturated heterocycles. The average molecular weight is 442 g/mol. The van der Waals surface area contributed by atoms with Crippen LogP contribution >= 0.6 is 15.9 Å². The van der Waals surface area contributed by atoms with Crippen molar-refractivity contribution in [2.24, 2.45) is 0 Å². The fourth-order valence-electron chi connectivity index (χ4n) is 2.36. The largest absolute Gasteiger partial charge is 0.444 e. The molecule has 1 aromatic heterocycles. The Morgan fingerprint density at radius 1 is 0.821 bits per heavy atom. The van der Waals surface area contributed by atoms with Crippen molar-refractivity contribution in [3.8, 4) is 0 Å².